The molecule has 15 aromatic rings. The van der Waals surface area contributed by atoms with E-state index in [1.807, 2.05) is 0 Å². The number of nitrogens with zero attached hydrogens (tertiary/aromatic N) is 4. The molecule has 668 valence electrons. The first kappa shape index (κ1) is 91.0. The van der Waals surface area contributed by atoms with E-state index < -0.39 is 0 Å². The van der Waals surface area contributed by atoms with Gasteiger partial charge < -0.3 is 18.9 Å². The molecule has 2 aliphatic rings. The van der Waals surface area contributed by atoms with Crippen LogP contribution in [0.3, 0.4) is 0 Å². The standard InChI is InChI=1S/C125H145BN4/c1-115(2,3)74-77-58-94(80-38-34-42-84(64-80)118(10,11)12)113(95(59-77)81-39-35-43-85(65-81)119(13,14)15)129-108-72-92(127-104-54-46-88(122(22,23)24)68-98(104)99-69-89(123(25,26)27)47-55-105(99)127)50-52-102(108)126-103-53-51-93(128-106-56-48-90(124(28,29)30)70-100(106)101-71-91(125(31,32)33)49-57-107(101)128)73-109(103)130(111-63-79(76-117(7,8)9)62-110(129)112(111)126)114-96(82-40-36-44-86(66-82)120(16,17)18)60-78(75-116(4,5)6)61-97(114)83-41-37-45-87(67-83)121(19,20)21/h34-73H,74-76H2,1-33H3. The second-order valence-corrected chi connectivity index (χ2v) is 50.9. The van der Waals surface area contributed by atoms with Gasteiger partial charge in [-0.1, -0.05) is 362 Å². The first-order valence-corrected chi connectivity index (χ1v) is 48.3. The molecule has 0 N–H and O–H groups in total. The summed E-state index contributed by atoms with van der Waals surface area (Å²) in [5, 5.41) is 5.08. The summed E-state index contributed by atoms with van der Waals surface area (Å²) in [6.45, 7) is 78.4. The van der Waals surface area contributed by atoms with E-state index in [9.17, 15) is 0 Å². The van der Waals surface area contributed by atoms with Gasteiger partial charge in [0.15, 0.2) is 0 Å². The summed E-state index contributed by atoms with van der Waals surface area (Å²) in [5.41, 5.74) is 40.7. The zero-order valence-electron chi connectivity index (χ0n) is 85.1. The summed E-state index contributed by atoms with van der Waals surface area (Å²) < 4.78 is 5.23. The molecule has 0 aliphatic carbocycles. The van der Waals surface area contributed by atoms with Crippen molar-refractivity contribution in [3.63, 3.8) is 0 Å². The number of fused-ring (bicyclic) bond motifs is 10. The number of hydrogen-bond acceptors (Lipinski definition) is 2. The lowest BCUT2D eigenvalue weighted by Gasteiger charge is -2.46. The maximum Gasteiger partial charge on any atom is 0.252 e. The minimum absolute atomic E-state index is 0.0466. The van der Waals surface area contributed by atoms with Crippen LogP contribution in [0.25, 0.3) is 99.5 Å². The average Bonchev–Trinajstić information content (AvgIpc) is 0.782. The molecule has 17 rings (SSSR count). The van der Waals surface area contributed by atoms with Gasteiger partial charge in [-0.15, -0.1) is 0 Å². The van der Waals surface area contributed by atoms with Crippen molar-refractivity contribution in [3.8, 4) is 55.9 Å². The molecule has 2 aromatic heterocycles. The van der Waals surface area contributed by atoms with Crippen LogP contribution in [-0.4, -0.2) is 15.8 Å². The lowest BCUT2D eigenvalue weighted by Crippen LogP contribution is -2.61. The predicted octanol–water partition coefficient (Wildman–Crippen LogP) is 33.8. The minimum Gasteiger partial charge on any atom is -0.310 e. The van der Waals surface area contributed by atoms with E-state index in [1.165, 1.54) is 188 Å². The highest BCUT2D eigenvalue weighted by atomic mass is 15.2. The summed E-state index contributed by atoms with van der Waals surface area (Å²) in [4.78, 5) is 5.70. The number of hydrogen-bond donors (Lipinski definition) is 0. The van der Waals surface area contributed by atoms with Gasteiger partial charge in [-0.3, -0.25) is 0 Å². The highest BCUT2D eigenvalue weighted by Crippen LogP contribution is 2.57. The SMILES string of the molecule is CC(C)(C)Cc1cc(-c2cccc(C(C)(C)C)c2)c(N2c3cc(-n4c5ccc(C(C)(C)C)cc5c5cc(C(C)(C)C)ccc54)ccc3B3c4ccc(-n5c6ccc(C(C)(C)C)cc6c6cc(C(C)(C)C)ccc65)cc4N(c4c(-c5cccc(C(C)(C)C)c5)cc(CC(C)(C)C)cc4-c4cccc(C(C)(C)C)c4)c4cc(CC(C)(C)C)cc2c43)c(-c2cccc(C(C)(C)C)c2)c1. The zero-order valence-corrected chi connectivity index (χ0v) is 85.1. The lowest BCUT2D eigenvalue weighted by molar-refractivity contribution is 0.411. The van der Waals surface area contributed by atoms with Crippen molar-refractivity contribution >= 4 is 101 Å². The van der Waals surface area contributed by atoms with E-state index in [4.69, 9.17) is 0 Å². The first-order valence-electron chi connectivity index (χ1n) is 48.3. The molecule has 0 atom stereocenters. The molecule has 0 radical (unpaired) electrons. The Morgan fingerprint density at radius 1 is 0.215 bits per heavy atom. The van der Waals surface area contributed by atoms with Crippen LogP contribution in [0.15, 0.2) is 243 Å². The molecular weight excluding hydrogens is 1570 g/mol. The van der Waals surface area contributed by atoms with Gasteiger partial charge in [0.2, 0.25) is 0 Å². The van der Waals surface area contributed by atoms with Crippen molar-refractivity contribution in [1.29, 1.82) is 0 Å². The topological polar surface area (TPSA) is 16.3 Å². The Labute approximate surface area is 781 Å². The number of rotatable bonds is 11. The van der Waals surface area contributed by atoms with Gasteiger partial charge in [-0.25, -0.2) is 0 Å². The summed E-state index contributed by atoms with van der Waals surface area (Å²) in [5.74, 6) is 0. The third kappa shape index (κ3) is 17.3. The van der Waals surface area contributed by atoms with E-state index in [0.29, 0.717) is 0 Å². The number of aromatic nitrogens is 2. The van der Waals surface area contributed by atoms with E-state index in [0.717, 1.165) is 42.0 Å². The Bertz CT molecular complexity index is 6310. The third-order valence-electron chi connectivity index (χ3n) is 27.8. The van der Waals surface area contributed by atoms with Crippen molar-refractivity contribution in [2.24, 2.45) is 16.2 Å². The van der Waals surface area contributed by atoms with Gasteiger partial charge in [0.05, 0.1) is 33.4 Å². The largest absolute Gasteiger partial charge is 0.310 e. The van der Waals surface area contributed by atoms with Crippen LogP contribution in [-0.2, 0) is 62.6 Å². The fourth-order valence-corrected chi connectivity index (χ4v) is 20.8. The Morgan fingerprint density at radius 2 is 0.446 bits per heavy atom. The van der Waals surface area contributed by atoms with Crippen molar-refractivity contribution < 1.29 is 0 Å². The molecule has 2 aliphatic heterocycles. The van der Waals surface area contributed by atoms with Crippen LogP contribution >= 0.6 is 0 Å². The Hall–Kier alpha value is -10.9. The van der Waals surface area contributed by atoms with E-state index in [-0.39, 0.29) is 66.3 Å². The second-order valence-electron chi connectivity index (χ2n) is 50.9. The van der Waals surface area contributed by atoms with E-state index in [2.05, 4.69) is 490 Å². The van der Waals surface area contributed by atoms with Crippen molar-refractivity contribution in [2.45, 2.75) is 291 Å². The van der Waals surface area contributed by atoms with Crippen LogP contribution in [0, 0.1) is 16.2 Å². The molecular formula is C125H145BN4. The smallest absolute Gasteiger partial charge is 0.252 e. The van der Waals surface area contributed by atoms with Gasteiger partial charge in [0, 0.05) is 77.9 Å². The summed E-state index contributed by atoms with van der Waals surface area (Å²) >= 11 is 0. The minimum atomic E-state index is -0.293. The number of anilines is 6. The third-order valence-corrected chi connectivity index (χ3v) is 27.8. The monoisotopic (exact) mass is 1710 g/mol. The first-order chi connectivity index (χ1) is 60.3. The lowest BCUT2D eigenvalue weighted by atomic mass is 9.33. The molecule has 0 amide bonds. The molecule has 130 heavy (non-hydrogen) atoms. The van der Waals surface area contributed by atoms with Gasteiger partial charge >= 0.3 is 0 Å². The van der Waals surface area contributed by atoms with Crippen LogP contribution < -0.4 is 26.2 Å². The molecule has 0 saturated heterocycles. The summed E-state index contributed by atoms with van der Waals surface area (Å²) in [6, 6.07) is 99.3. The second kappa shape index (κ2) is 31.4. The van der Waals surface area contributed by atoms with Crippen LogP contribution in [0.2, 0.25) is 0 Å². The molecule has 0 spiro atoms. The molecule has 4 nitrogen and oxygen atoms in total. The highest BCUT2D eigenvalue weighted by molar-refractivity contribution is 7.00. The van der Waals surface area contributed by atoms with Gasteiger partial charge in [0.1, 0.15) is 0 Å². The normalized spacial score (nSPS) is 13.9. The summed E-state index contributed by atoms with van der Waals surface area (Å²) in [6.07, 6.45) is 2.56. The fourth-order valence-electron chi connectivity index (χ4n) is 20.8. The molecule has 5 heteroatoms. The predicted molar refractivity (Wildman–Crippen MR) is 570 cm³/mol. The molecule has 0 bridgehead atoms. The highest BCUT2D eigenvalue weighted by Gasteiger charge is 2.47. The maximum atomic E-state index is 2.85. The quantitative estimate of drug-likeness (QED) is 0.120. The zero-order chi connectivity index (χ0) is 93.7. The van der Waals surface area contributed by atoms with Gasteiger partial charge in [-0.2, -0.15) is 0 Å². The Balaban J connectivity index is 1.11. The molecule has 0 unspecified atom stereocenters. The number of benzene rings is 13. The van der Waals surface area contributed by atoms with Crippen LogP contribution in [0.5, 0.6) is 0 Å². The van der Waals surface area contributed by atoms with Gasteiger partial charge in [0.25, 0.3) is 6.71 Å². The molecule has 4 heterocycles. The molecule has 13 aromatic carbocycles. The summed E-state index contributed by atoms with van der Waals surface area (Å²) in [7, 11) is 0. The fraction of sp³-hybridized carbons (Fsp3) is 0.376. The average molecular weight is 1710 g/mol. The Kier molecular flexibility index (Phi) is 22.0. The Morgan fingerprint density at radius 3 is 0.677 bits per heavy atom. The molecule has 0 saturated carbocycles. The maximum absolute atomic E-state index is 2.85. The van der Waals surface area contributed by atoms with E-state index >= 15 is 0 Å². The van der Waals surface area contributed by atoms with Crippen molar-refractivity contribution in [1.82, 2.24) is 9.13 Å². The van der Waals surface area contributed by atoms with Crippen LogP contribution in [0.1, 0.15) is 290 Å². The van der Waals surface area contributed by atoms with Gasteiger partial charge in [-0.05, 0) is 288 Å². The van der Waals surface area contributed by atoms with Crippen molar-refractivity contribution in [2.75, 3.05) is 9.80 Å². The van der Waals surface area contributed by atoms with Crippen LogP contribution in [0.4, 0.5) is 34.1 Å². The molecule has 0 fully saturated rings. The van der Waals surface area contributed by atoms with Crippen molar-refractivity contribution in [3.05, 3.63) is 304 Å². The van der Waals surface area contributed by atoms with E-state index in [1.54, 1.807) is 0 Å².